The average Bonchev–Trinajstić information content (AvgIpc) is 3.22. The van der Waals surface area contributed by atoms with E-state index in [1.165, 1.54) is 23.4 Å². The van der Waals surface area contributed by atoms with Gasteiger partial charge in [0.05, 0.1) is 21.6 Å². The van der Waals surface area contributed by atoms with E-state index in [0.717, 1.165) is 30.4 Å². The summed E-state index contributed by atoms with van der Waals surface area (Å²) in [5.41, 5.74) is 6.37. The van der Waals surface area contributed by atoms with Gasteiger partial charge in [0.15, 0.2) is 0 Å². The molecule has 1 unspecified atom stereocenters. The van der Waals surface area contributed by atoms with Crippen LogP contribution in [0.15, 0.2) is 53.7 Å². The van der Waals surface area contributed by atoms with E-state index in [0.29, 0.717) is 5.69 Å². The van der Waals surface area contributed by atoms with Crippen LogP contribution in [-0.2, 0) is 5.41 Å². The number of aromatic carboxylic acids is 1. The average molecular weight is 481 g/mol. The molecule has 0 aromatic heterocycles. The zero-order chi connectivity index (χ0) is 24.5. The Morgan fingerprint density at radius 3 is 2.44 bits per heavy atom. The molecule has 1 fully saturated rings. The van der Waals surface area contributed by atoms with Crippen molar-refractivity contribution in [2.75, 3.05) is 5.43 Å². The van der Waals surface area contributed by atoms with Gasteiger partial charge in [0.2, 0.25) is 0 Å². The van der Waals surface area contributed by atoms with Gasteiger partial charge in [-0.25, -0.2) is 4.79 Å². The van der Waals surface area contributed by atoms with E-state index >= 15 is 0 Å². The molecule has 1 heterocycles. The summed E-state index contributed by atoms with van der Waals surface area (Å²) in [6.07, 6.45) is 2.96. The van der Waals surface area contributed by atoms with Gasteiger partial charge in [0.1, 0.15) is 5.37 Å². The van der Waals surface area contributed by atoms with Gasteiger partial charge < -0.3 is 10.4 Å². The van der Waals surface area contributed by atoms with E-state index < -0.39 is 10.9 Å². The Morgan fingerprint density at radius 1 is 1.15 bits per heavy atom. The Labute approximate surface area is 204 Å². The van der Waals surface area contributed by atoms with Crippen molar-refractivity contribution in [3.8, 4) is 11.8 Å². The smallest absolute Gasteiger partial charge is 0.335 e. The maximum Gasteiger partial charge on any atom is 0.335 e. The molecule has 2 aromatic carbocycles. The number of rotatable bonds is 5. The highest BCUT2D eigenvalue weighted by Gasteiger charge is 2.38. The third-order valence-electron chi connectivity index (χ3n) is 6.15. The number of hydrogen-bond acceptors (Lipinski definition) is 6. The highest BCUT2D eigenvalue weighted by molar-refractivity contribution is 8.03. The van der Waals surface area contributed by atoms with E-state index in [9.17, 15) is 20.3 Å². The first kappa shape index (κ1) is 24.2. The van der Waals surface area contributed by atoms with Crippen LogP contribution >= 0.6 is 11.8 Å². The molecule has 0 amide bonds. The molecule has 0 bridgehead atoms. The molecule has 178 valence electrons. The highest BCUT2D eigenvalue weighted by atomic mass is 32.2. The van der Waals surface area contributed by atoms with E-state index in [-0.39, 0.29) is 28.1 Å². The van der Waals surface area contributed by atoms with Crippen molar-refractivity contribution in [3.05, 3.63) is 75.9 Å². The minimum atomic E-state index is -1.59. The quantitative estimate of drug-likeness (QED) is 0.222. The van der Waals surface area contributed by atoms with Crippen molar-refractivity contribution in [1.82, 2.24) is 5.32 Å². The Balaban J connectivity index is 1.44. The topological polar surface area (TPSA) is 102 Å². The van der Waals surface area contributed by atoms with Gasteiger partial charge in [0.25, 0.3) is 0 Å². The third kappa shape index (κ3) is 5.40. The molecule has 1 saturated carbocycles. The SMILES string of the molecule is CC(C)(C)c1ccc(C#CC2NC([N+](O)(O)Nc3ccc(C(=O)O)cc3C3CCC3)=CS2)cc1. The number of nitrogens with one attached hydrogen (secondary N) is 2. The summed E-state index contributed by atoms with van der Waals surface area (Å²) >= 11 is 1.35. The van der Waals surface area contributed by atoms with E-state index in [1.54, 1.807) is 17.5 Å². The molecule has 0 radical (unpaired) electrons. The minimum Gasteiger partial charge on any atom is -0.478 e. The zero-order valence-electron chi connectivity index (χ0n) is 19.5. The lowest BCUT2D eigenvalue weighted by Crippen LogP contribution is -2.50. The monoisotopic (exact) mass is 480 g/mol. The number of nitrogens with zero attached hydrogens (tertiary/aromatic N) is 1. The van der Waals surface area contributed by atoms with Gasteiger partial charge in [-0.15, -0.1) is 10.4 Å². The van der Waals surface area contributed by atoms with Crippen LogP contribution in [0.25, 0.3) is 0 Å². The Hall–Kier alpha value is -2.96. The molecule has 1 atom stereocenters. The van der Waals surface area contributed by atoms with Crippen molar-refractivity contribution in [2.24, 2.45) is 0 Å². The third-order valence-corrected chi connectivity index (χ3v) is 7.02. The maximum absolute atomic E-state index is 11.4. The summed E-state index contributed by atoms with van der Waals surface area (Å²) in [7, 11) is 0. The van der Waals surface area contributed by atoms with Gasteiger partial charge in [-0.2, -0.15) is 5.43 Å². The number of hydroxylamine groups is 2. The predicted octanol–water partition coefficient (Wildman–Crippen LogP) is 5.39. The van der Waals surface area contributed by atoms with Crippen molar-refractivity contribution in [3.63, 3.8) is 0 Å². The summed E-state index contributed by atoms with van der Waals surface area (Å²) < 4.78 is 0. The molecule has 0 saturated heterocycles. The summed E-state index contributed by atoms with van der Waals surface area (Å²) in [5, 5.41) is 35.1. The lowest BCUT2D eigenvalue weighted by atomic mass is 9.79. The van der Waals surface area contributed by atoms with Crippen LogP contribution in [0.3, 0.4) is 0 Å². The van der Waals surface area contributed by atoms with Crippen molar-refractivity contribution in [2.45, 2.75) is 56.7 Å². The Bertz CT molecular complexity index is 1170. The number of carboxylic acid groups (broad SMARTS) is 1. The number of anilines is 1. The fourth-order valence-corrected chi connectivity index (χ4v) is 4.65. The van der Waals surface area contributed by atoms with Crippen LogP contribution in [0.5, 0.6) is 0 Å². The Morgan fingerprint density at radius 2 is 1.85 bits per heavy atom. The van der Waals surface area contributed by atoms with Crippen molar-refractivity contribution < 1.29 is 25.2 Å². The van der Waals surface area contributed by atoms with Crippen molar-refractivity contribution >= 4 is 23.4 Å². The molecule has 1 aliphatic heterocycles. The first-order chi connectivity index (χ1) is 16.0. The number of quaternary nitrogens is 1. The number of carboxylic acids is 1. The lowest BCUT2D eigenvalue weighted by Gasteiger charge is -2.30. The molecule has 5 N–H and O–H groups in total. The normalized spacial score (nSPS) is 18.3. The van der Waals surface area contributed by atoms with Gasteiger partial charge in [-0.05, 0) is 65.6 Å². The lowest BCUT2D eigenvalue weighted by molar-refractivity contribution is -1.21. The molecule has 8 heteroatoms. The van der Waals surface area contributed by atoms with E-state index in [4.69, 9.17) is 0 Å². The Kier molecular flexibility index (Phi) is 6.65. The second kappa shape index (κ2) is 9.35. The first-order valence-electron chi connectivity index (χ1n) is 11.3. The minimum absolute atomic E-state index is 0.0799. The fourth-order valence-electron chi connectivity index (χ4n) is 3.85. The van der Waals surface area contributed by atoms with Crippen LogP contribution in [-0.4, -0.2) is 31.8 Å². The summed E-state index contributed by atoms with van der Waals surface area (Å²) in [5.74, 6) is 5.57. The van der Waals surface area contributed by atoms with Crippen molar-refractivity contribution in [1.29, 1.82) is 0 Å². The van der Waals surface area contributed by atoms with Gasteiger partial charge in [-0.1, -0.05) is 62.9 Å². The number of benzene rings is 2. The molecule has 1 aliphatic carbocycles. The molecular weight excluding hydrogens is 450 g/mol. The second-order valence-corrected chi connectivity index (χ2v) is 10.7. The first-order valence-corrected chi connectivity index (χ1v) is 12.2. The van der Waals surface area contributed by atoms with Crippen LogP contribution in [0.1, 0.15) is 73.0 Å². The van der Waals surface area contributed by atoms with Gasteiger partial charge >= 0.3 is 11.8 Å². The second-order valence-electron chi connectivity index (χ2n) is 9.71. The van der Waals surface area contributed by atoms with Crippen LogP contribution in [0, 0.1) is 11.8 Å². The maximum atomic E-state index is 11.4. The zero-order valence-corrected chi connectivity index (χ0v) is 20.3. The number of carbonyl (C=O) groups is 1. The largest absolute Gasteiger partial charge is 0.478 e. The summed E-state index contributed by atoms with van der Waals surface area (Å²) in [6.45, 7) is 6.49. The molecule has 7 nitrogen and oxygen atoms in total. The number of thioether (sulfide) groups is 1. The van der Waals surface area contributed by atoms with E-state index in [2.05, 4.69) is 55.5 Å². The summed E-state index contributed by atoms with van der Waals surface area (Å²) in [6, 6.07) is 12.8. The molecule has 34 heavy (non-hydrogen) atoms. The fraction of sp³-hybridized carbons (Fsp3) is 0.346. The predicted molar refractivity (Wildman–Crippen MR) is 132 cm³/mol. The van der Waals surface area contributed by atoms with Crippen LogP contribution in [0.2, 0.25) is 0 Å². The van der Waals surface area contributed by atoms with Gasteiger partial charge in [0, 0.05) is 5.56 Å². The highest BCUT2D eigenvalue weighted by Crippen LogP contribution is 2.41. The standard InChI is InChI=1S/C26H29N3O4S/c1-26(2,3)20-11-7-17(8-12-20)9-14-24-27-23(16-34-24)29(32,33)28-22-13-10-19(25(30)31)15-21(22)18-5-4-6-18/h7-8,10-13,15-16,18,24,27-28,32-33H,4-6H2,1-3H3/p+1. The molecule has 2 aliphatic rings. The van der Waals surface area contributed by atoms with Crippen LogP contribution < -0.4 is 10.7 Å². The molecule has 0 spiro atoms. The number of hydrogen-bond donors (Lipinski definition) is 5. The summed E-state index contributed by atoms with van der Waals surface area (Å²) in [4.78, 5) is 9.80. The van der Waals surface area contributed by atoms with E-state index in [1.807, 2.05) is 12.1 Å². The molecule has 2 aromatic rings. The van der Waals surface area contributed by atoms with Gasteiger partial charge in [-0.3, -0.25) is 0 Å². The van der Waals surface area contributed by atoms with Crippen LogP contribution in [0.4, 0.5) is 5.69 Å². The molecule has 4 rings (SSSR count). The molecular formula is C26H30N3O4S+.